The Hall–Kier alpha value is -2.96. The van der Waals surface area contributed by atoms with Crippen LogP contribution in [0.15, 0.2) is 36.8 Å². The number of fused-ring (bicyclic) bond motifs is 1. The Morgan fingerprint density at radius 2 is 2.27 bits per heavy atom. The Kier molecular flexibility index (Phi) is 3.69. The predicted molar refractivity (Wildman–Crippen MR) is 78.5 cm³/mol. The van der Waals surface area contributed by atoms with Crippen LogP contribution in [0.1, 0.15) is 29.0 Å². The predicted octanol–water partition coefficient (Wildman–Crippen LogP) is 1.30. The smallest absolute Gasteiger partial charge is 0.271 e. The number of rotatable bonds is 3. The molecule has 0 saturated heterocycles. The molecule has 7 heteroatoms. The van der Waals surface area contributed by atoms with Crippen LogP contribution in [0.3, 0.4) is 0 Å². The molecule has 2 aromatic rings. The molecule has 22 heavy (non-hydrogen) atoms. The fourth-order valence-electron chi connectivity index (χ4n) is 2.14. The third-order valence-electron chi connectivity index (χ3n) is 3.28. The van der Waals surface area contributed by atoms with Crippen molar-refractivity contribution in [2.75, 3.05) is 11.9 Å². The molecule has 1 aliphatic rings. The summed E-state index contributed by atoms with van der Waals surface area (Å²) >= 11 is 0. The van der Waals surface area contributed by atoms with Crippen LogP contribution in [-0.4, -0.2) is 28.4 Å². The summed E-state index contributed by atoms with van der Waals surface area (Å²) in [5.41, 5.74) is 1.71. The van der Waals surface area contributed by atoms with Crippen LogP contribution in [0.4, 0.5) is 5.69 Å². The molecule has 3 rings (SSSR count). The Bertz CT molecular complexity index is 718. The second-order valence-corrected chi connectivity index (χ2v) is 4.88. The molecule has 0 radical (unpaired) electrons. The standard InChI is InChI=1S/C15H14N4O3/c1-9(18-15(21)12-7-16-4-5-17-12)10-2-3-13-11(6-10)19-14(20)8-22-13/h2-7,9H,8H2,1H3,(H,18,21)(H,19,20)/t9-/m0/s1. The quantitative estimate of drug-likeness (QED) is 0.891. The van der Waals surface area contributed by atoms with Gasteiger partial charge < -0.3 is 15.4 Å². The summed E-state index contributed by atoms with van der Waals surface area (Å²) in [6.07, 6.45) is 4.38. The summed E-state index contributed by atoms with van der Waals surface area (Å²) in [6.45, 7) is 1.87. The summed E-state index contributed by atoms with van der Waals surface area (Å²) in [4.78, 5) is 31.2. The summed E-state index contributed by atoms with van der Waals surface area (Å²) in [6, 6.07) is 5.15. The number of aromatic nitrogens is 2. The van der Waals surface area contributed by atoms with Crippen molar-refractivity contribution in [1.29, 1.82) is 0 Å². The molecule has 0 bridgehead atoms. The molecule has 112 valence electrons. The van der Waals surface area contributed by atoms with Gasteiger partial charge in [0.25, 0.3) is 11.8 Å². The highest BCUT2D eigenvalue weighted by Gasteiger charge is 2.18. The average Bonchev–Trinajstić information content (AvgIpc) is 2.54. The van der Waals surface area contributed by atoms with Crippen LogP contribution in [-0.2, 0) is 4.79 Å². The summed E-state index contributed by atoms with van der Waals surface area (Å²) < 4.78 is 5.30. The average molecular weight is 298 g/mol. The number of benzene rings is 1. The second-order valence-electron chi connectivity index (χ2n) is 4.88. The number of nitrogens with zero attached hydrogens (tertiary/aromatic N) is 2. The number of amides is 2. The van der Waals surface area contributed by atoms with E-state index in [1.165, 1.54) is 18.6 Å². The molecule has 1 aromatic heterocycles. The van der Waals surface area contributed by atoms with E-state index in [1.54, 1.807) is 12.1 Å². The SMILES string of the molecule is C[C@H](NC(=O)c1cnccn1)c1ccc2c(c1)NC(=O)CO2. The highest BCUT2D eigenvalue weighted by Crippen LogP contribution is 2.30. The van der Waals surface area contributed by atoms with Crippen molar-refractivity contribution in [1.82, 2.24) is 15.3 Å². The fraction of sp³-hybridized carbons (Fsp3) is 0.200. The van der Waals surface area contributed by atoms with Crippen molar-refractivity contribution < 1.29 is 14.3 Å². The van der Waals surface area contributed by atoms with Gasteiger partial charge in [0.05, 0.1) is 17.9 Å². The van der Waals surface area contributed by atoms with Crippen LogP contribution in [0.25, 0.3) is 0 Å². The minimum absolute atomic E-state index is 0.0192. The van der Waals surface area contributed by atoms with Crippen LogP contribution in [0.5, 0.6) is 5.75 Å². The normalized spacial score (nSPS) is 14.3. The first-order valence-electron chi connectivity index (χ1n) is 6.77. The number of ether oxygens (including phenoxy) is 1. The van der Waals surface area contributed by atoms with E-state index in [9.17, 15) is 9.59 Å². The molecule has 0 fully saturated rings. The van der Waals surface area contributed by atoms with E-state index in [1.807, 2.05) is 13.0 Å². The number of carbonyl (C=O) groups excluding carboxylic acids is 2. The van der Waals surface area contributed by atoms with Crippen LogP contribution >= 0.6 is 0 Å². The lowest BCUT2D eigenvalue weighted by Crippen LogP contribution is -2.28. The van der Waals surface area contributed by atoms with Gasteiger partial charge in [-0.15, -0.1) is 0 Å². The Balaban J connectivity index is 1.75. The molecule has 0 unspecified atom stereocenters. The highest BCUT2D eigenvalue weighted by atomic mass is 16.5. The molecule has 2 amide bonds. The largest absolute Gasteiger partial charge is 0.482 e. The van der Waals surface area contributed by atoms with E-state index in [4.69, 9.17) is 4.74 Å². The van der Waals surface area contributed by atoms with E-state index in [2.05, 4.69) is 20.6 Å². The molecule has 2 heterocycles. The topological polar surface area (TPSA) is 93.2 Å². The molecular weight excluding hydrogens is 284 g/mol. The molecule has 0 saturated carbocycles. The van der Waals surface area contributed by atoms with Crippen LogP contribution in [0, 0.1) is 0 Å². The number of hydrogen-bond donors (Lipinski definition) is 2. The van der Waals surface area contributed by atoms with Gasteiger partial charge in [-0.05, 0) is 24.6 Å². The van der Waals surface area contributed by atoms with Crippen LogP contribution in [0.2, 0.25) is 0 Å². The number of anilines is 1. The molecule has 1 aliphatic heterocycles. The lowest BCUT2D eigenvalue weighted by Gasteiger charge is -2.20. The van der Waals surface area contributed by atoms with E-state index in [0.29, 0.717) is 11.4 Å². The summed E-state index contributed by atoms with van der Waals surface area (Å²) in [5.74, 6) is 0.121. The number of nitrogens with one attached hydrogen (secondary N) is 2. The second kappa shape index (κ2) is 5.80. The Morgan fingerprint density at radius 3 is 3.05 bits per heavy atom. The van der Waals surface area contributed by atoms with E-state index in [0.717, 1.165) is 5.56 Å². The van der Waals surface area contributed by atoms with Gasteiger partial charge in [-0.1, -0.05) is 6.07 Å². The third kappa shape index (κ3) is 2.88. The van der Waals surface area contributed by atoms with Gasteiger partial charge in [0.2, 0.25) is 0 Å². The van der Waals surface area contributed by atoms with Crippen molar-refractivity contribution >= 4 is 17.5 Å². The van der Waals surface area contributed by atoms with E-state index < -0.39 is 0 Å². The van der Waals surface area contributed by atoms with Gasteiger partial charge >= 0.3 is 0 Å². The summed E-state index contributed by atoms with van der Waals surface area (Å²) in [5, 5.41) is 5.58. The third-order valence-corrected chi connectivity index (χ3v) is 3.28. The van der Waals surface area contributed by atoms with Gasteiger partial charge in [-0.2, -0.15) is 0 Å². The molecular formula is C15H14N4O3. The monoisotopic (exact) mass is 298 g/mol. The zero-order valence-electron chi connectivity index (χ0n) is 11.9. The fourth-order valence-corrected chi connectivity index (χ4v) is 2.14. The molecule has 1 aromatic carbocycles. The minimum Gasteiger partial charge on any atom is -0.482 e. The van der Waals surface area contributed by atoms with E-state index >= 15 is 0 Å². The number of carbonyl (C=O) groups is 2. The highest BCUT2D eigenvalue weighted by molar-refractivity contribution is 5.95. The van der Waals surface area contributed by atoms with Gasteiger partial charge in [-0.3, -0.25) is 14.6 Å². The lowest BCUT2D eigenvalue weighted by atomic mass is 10.1. The van der Waals surface area contributed by atoms with Crippen LogP contribution < -0.4 is 15.4 Å². The van der Waals surface area contributed by atoms with Crippen molar-refractivity contribution in [2.45, 2.75) is 13.0 Å². The molecule has 0 aliphatic carbocycles. The van der Waals surface area contributed by atoms with Crippen molar-refractivity contribution in [2.24, 2.45) is 0 Å². The summed E-state index contributed by atoms with van der Waals surface area (Å²) in [7, 11) is 0. The van der Waals surface area contributed by atoms with E-state index in [-0.39, 0.29) is 30.2 Å². The zero-order chi connectivity index (χ0) is 15.5. The Morgan fingerprint density at radius 1 is 1.41 bits per heavy atom. The molecule has 2 N–H and O–H groups in total. The minimum atomic E-state index is -0.307. The molecule has 7 nitrogen and oxygen atoms in total. The van der Waals surface area contributed by atoms with Crippen molar-refractivity contribution in [3.63, 3.8) is 0 Å². The number of hydrogen-bond acceptors (Lipinski definition) is 5. The maximum absolute atomic E-state index is 12.1. The van der Waals surface area contributed by atoms with Crippen molar-refractivity contribution in [3.05, 3.63) is 48.0 Å². The first kappa shape index (κ1) is 14.0. The molecule has 0 spiro atoms. The van der Waals surface area contributed by atoms with Gasteiger partial charge in [-0.25, -0.2) is 4.98 Å². The maximum Gasteiger partial charge on any atom is 0.271 e. The lowest BCUT2D eigenvalue weighted by molar-refractivity contribution is -0.118. The van der Waals surface area contributed by atoms with Gasteiger partial charge in [0.15, 0.2) is 6.61 Å². The first-order chi connectivity index (χ1) is 10.6. The van der Waals surface area contributed by atoms with Gasteiger partial charge in [0, 0.05) is 12.4 Å². The first-order valence-corrected chi connectivity index (χ1v) is 6.77. The van der Waals surface area contributed by atoms with Crippen molar-refractivity contribution in [3.8, 4) is 5.75 Å². The van der Waals surface area contributed by atoms with Gasteiger partial charge in [0.1, 0.15) is 11.4 Å². The molecule has 1 atom stereocenters. The Labute approximate surface area is 126 Å². The zero-order valence-corrected chi connectivity index (χ0v) is 11.9. The maximum atomic E-state index is 12.1.